The molecule has 2 aromatic rings. The SMILES string of the molecule is COc1cc2c(cc1O)CCN(Cc1cc(OC)c(OC)c(OC)c1)C2. The molecule has 0 saturated carbocycles. The summed E-state index contributed by atoms with van der Waals surface area (Å²) in [6.45, 7) is 2.47. The zero-order valence-electron chi connectivity index (χ0n) is 15.7. The summed E-state index contributed by atoms with van der Waals surface area (Å²) >= 11 is 0. The van der Waals surface area contributed by atoms with Gasteiger partial charge in [-0.15, -0.1) is 0 Å². The molecule has 26 heavy (non-hydrogen) atoms. The van der Waals surface area contributed by atoms with Crippen molar-refractivity contribution in [2.24, 2.45) is 0 Å². The Hall–Kier alpha value is -2.60. The fourth-order valence-corrected chi connectivity index (χ4v) is 3.42. The van der Waals surface area contributed by atoms with Crippen molar-refractivity contribution >= 4 is 0 Å². The molecule has 0 spiro atoms. The van der Waals surface area contributed by atoms with Crippen LogP contribution in [0.1, 0.15) is 16.7 Å². The molecule has 3 rings (SSSR count). The number of rotatable bonds is 6. The minimum absolute atomic E-state index is 0.198. The van der Waals surface area contributed by atoms with E-state index in [2.05, 4.69) is 4.90 Å². The normalized spacial score (nSPS) is 13.8. The summed E-state index contributed by atoms with van der Waals surface area (Å²) in [6.07, 6.45) is 0.886. The van der Waals surface area contributed by atoms with Gasteiger partial charge < -0.3 is 24.1 Å². The van der Waals surface area contributed by atoms with E-state index in [0.29, 0.717) is 23.0 Å². The van der Waals surface area contributed by atoms with Gasteiger partial charge in [-0.25, -0.2) is 0 Å². The topological polar surface area (TPSA) is 60.4 Å². The summed E-state index contributed by atoms with van der Waals surface area (Å²) in [5.74, 6) is 2.63. The van der Waals surface area contributed by atoms with Gasteiger partial charge in [0.05, 0.1) is 28.4 Å². The zero-order valence-corrected chi connectivity index (χ0v) is 15.7. The van der Waals surface area contributed by atoms with Crippen molar-refractivity contribution in [1.29, 1.82) is 0 Å². The highest BCUT2D eigenvalue weighted by molar-refractivity contribution is 5.54. The number of hydrogen-bond donors (Lipinski definition) is 1. The van der Waals surface area contributed by atoms with Crippen molar-refractivity contribution in [2.75, 3.05) is 35.0 Å². The van der Waals surface area contributed by atoms with Crippen molar-refractivity contribution in [3.63, 3.8) is 0 Å². The predicted molar refractivity (Wildman–Crippen MR) is 98.6 cm³/mol. The number of ether oxygens (including phenoxy) is 4. The van der Waals surface area contributed by atoms with E-state index in [1.807, 2.05) is 24.3 Å². The van der Waals surface area contributed by atoms with Crippen LogP contribution in [0.25, 0.3) is 0 Å². The van der Waals surface area contributed by atoms with Crippen LogP contribution in [0.2, 0.25) is 0 Å². The van der Waals surface area contributed by atoms with E-state index < -0.39 is 0 Å². The molecule has 0 saturated heterocycles. The Balaban J connectivity index is 1.82. The molecule has 6 nitrogen and oxygen atoms in total. The quantitative estimate of drug-likeness (QED) is 0.856. The standard InChI is InChI=1S/C20H25NO5/c1-23-17-10-15-12-21(6-5-14(15)9-16(17)22)11-13-7-18(24-2)20(26-4)19(8-13)25-3/h7-10,22H,5-6,11-12H2,1-4H3. The molecule has 1 aliphatic rings. The lowest BCUT2D eigenvalue weighted by molar-refractivity contribution is 0.243. The molecular formula is C20H25NO5. The van der Waals surface area contributed by atoms with Gasteiger partial charge in [0.15, 0.2) is 23.0 Å². The second-order valence-corrected chi connectivity index (χ2v) is 6.29. The lowest BCUT2D eigenvalue weighted by Gasteiger charge is -2.29. The second kappa shape index (κ2) is 7.74. The van der Waals surface area contributed by atoms with E-state index in [1.165, 1.54) is 11.1 Å². The van der Waals surface area contributed by atoms with Crippen molar-refractivity contribution in [3.8, 4) is 28.7 Å². The molecule has 140 valence electrons. The summed E-state index contributed by atoms with van der Waals surface area (Å²) in [4.78, 5) is 2.35. The smallest absolute Gasteiger partial charge is 0.203 e. The number of phenols is 1. The molecule has 0 amide bonds. The lowest BCUT2D eigenvalue weighted by Crippen LogP contribution is -2.30. The van der Waals surface area contributed by atoms with Crippen LogP contribution in [-0.4, -0.2) is 45.0 Å². The molecule has 0 radical (unpaired) electrons. The number of aromatic hydroxyl groups is 1. The predicted octanol–water partition coefficient (Wildman–Crippen LogP) is 2.98. The third-order valence-electron chi connectivity index (χ3n) is 4.72. The van der Waals surface area contributed by atoms with Gasteiger partial charge in [-0.3, -0.25) is 4.90 Å². The van der Waals surface area contributed by atoms with Gasteiger partial charge in [-0.05, 0) is 47.4 Å². The number of hydrogen-bond acceptors (Lipinski definition) is 6. The van der Waals surface area contributed by atoms with Gasteiger partial charge >= 0.3 is 0 Å². The van der Waals surface area contributed by atoms with Crippen LogP contribution in [0.15, 0.2) is 24.3 Å². The minimum atomic E-state index is 0.198. The largest absolute Gasteiger partial charge is 0.504 e. The van der Waals surface area contributed by atoms with Crippen molar-refractivity contribution in [3.05, 3.63) is 41.0 Å². The fourth-order valence-electron chi connectivity index (χ4n) is 3.42. The highest BCUT2D eigenvalue weighted by Gasteiger charge is 2.20. The highest BCUT2D eigenvalue weighted by Crippen LogP contribution is 2.39. The van der Waals surface area contributed by atoms with Gasteiger partial charge in [0.2, 0.25) is 5.75 Å². The molecule has 0 aromatic heterocycles. The molecule has 0 unspecified atom stereocenters. The Bertz CT molecular complexity index is 765. The molecule has 1 N–H and O–H groups in total. The number of nitrogens with zero attached hydrogens (tertiary/aromatic N) is 1. The fraction of sp³-hybridized carbons (Fsp3) is 0.400. The highest BCUT2D eigenvalue weighted by atomic mass is 16.5. The van der Waals surface area contributed by atoms with E-state index in [9.17, 15) is 5.11 Å². The van der Waals surface area contributed by atoms with Gasteiger partial charge in [0.1, 0.15) is 0 Å². The average molecular weight is 359 g/mol. The molecule has 6 heteroatoms. The average Bonchev–Trinajstić information content (AvgIpc) is 2.66. The van der Waals surface area contributed by atoms with E-state index in [-0.39, 0.29) is 5.75 Å². The first-order valence-corrected chi connectivity index (χ1v) is 8.49. The van der Waals surface area contributed by atoms with Gasteiger partial charge in [-0.2, -0.15) is 0 Å². The monoisotopic (exact) mass is 359 g/mol. The number of fused-ring (bicyclic) bond motifs is 1. The van der Waals surface area contributed by atoms with E-state index in [1.54, 1.807) is 28.4 Å². The summed E-state index contributed by atoms with van der Waals surface area (Å²) in [5, 5.41) is 9.95. The molecule has 0 aliphatic carbocycles. The van der Waals surface area contributed by atoms with Crippen LogP contribution < -0.4 is 18.9 Å². The van der Waals surface area contributed by atoms with Crippen LogP contribution in [0.5, 0.6) is 28.7 Å². The van der Waals surface area contributed by atoms with Crippen LogP contribution in [0.4, 0.5) is 0 Å². The molecule has 2 aromatic carbocycles. The summed E-state index contributed by atoms with van der Waals surface area (Å²) in [6, 6.07) is 7.69. The van der Waals surface area contributed by atoms with Gasteiger partial charge in [-0.1, -0.05) is 0 Å². The van der Waals surface area contributed by atoms with E-state index in [4.69, 9.17) is 18.9 Å². The molecule has 0 atom stereocenters. The number of methoxy groups -OCH3 is 4. The molecular weight excluding hydrogens is 334 g/mol. The Labute approximate surface area is 153 Å². The third-order valence-corrected chi connectivity index (χ3v) is 4.72. The van der Waals surface area contributed by atoms with Crippen LogP contribution in [0.3, 0.4) is 0 Å². The van der Waals surface area contributed by atoms with Gasteiger partial charge in [0, 0.05) is 19.6 Å². The summed E-state index contributed by atoms with van der Waals surface area (Å²) in [7, 11) is 6.41. The Kier molecular flexibility index (Phi) is 5.42. The van der Waals surface area contributed by atoms with E-state index >= 15 is 0 Å². The Morgan fingerprint density at radius 3 is 2.08 bits per heavy atom. The first-order valence-electron chi connectivity index (χ1n) is 8.49. The molecule has 0 fully saturated rings. The minimum Gasteiger partial charge on any atom is -0.504 e. The number of benzene rings is 2. The first-order chi connectivity index (χ1) is 12.6. The Morgan fingerprint density at radius 1 is 0.846 bits per heavy atom. The maximum atomic E-state index is 9.95. The first kappa shape index (κ1) is 18.2. The maximum absolute atomic E-state index is 9.95. The second-order valence-electron chi connectivity index (χ2n) is 6.29. The lowest BCUT2D eigenvalue weighted by atomic mass is 9.98. The van der Waals surface area contributed by atoms with Crippen molar-refractivity contribution in [1.82, 2.24) is 4.90 Å². The zero-order chi connectivity index (χ0) is 18.7. The van der Waals surface area contributed by atoms with Crippen LogP contribution in [-0.2, 0) is 19.5 Å². The molecule has 1 heterocycles. The number of phenolic OH excluding ortho intramolecular Hbond substituents is 1. The van der Waals surface area contributed by atoms with Crippen molar-refractivity contribution < 1.29 is 24.1 Å². The van der Waals surface area contributed by atoms with E-state index in [0.717, 1.165) is 31.6 Å². The molecule has 1 aliphatic heterocycles. The third kappa shape index (κ3) is 3.51. The van der Waals surface area contributed by atoms with Crippen LogP contribution in [0, 0.1) is 0 Å². The van der Waals surface area contributed by atoms with Crippen molar-refractivity contribution in [2.45, 2.75) is 19.5 Å². The summed E-state index contributed by atoms with van der Waals surface area (Å²) < 4.78 is 21.5. The Morgan fingerprint density at radius 2 is 1.50 bits per heavy atom. The molecule has 0 bridgehead atoms. The van der Waals surface area contributed by atoms with Crippen LogP contribution >= 0.6 is 0 Å². The summed E-state index contributed by atoms with van der Waals surface area (Å²) in [5.41, 5.74) is 3.44. The maximum Gasteiger partial charge on any atom is 0.203 e. The van der Waals surface area contributed by atoms with Gasteiger partial charge in [0.25, 0.3) is 0 Å².